The molecule has 0 spiro atoms. The third-order valence-electron chi connectivity index (χ3n) is 5.42. The molecule has 0 atom stereocenters. The van der Waals surface area contributed by atoms with Crippen molar-refractivity contribution in [2.24, 2.45) is 7.05 Å². The summed E-state index contributed by atoms with van der Waals surface area (Å²) in [5.74, 6) is -1.52. The molecule has 2 N–H and O–H groups in total. The summed E-state index contributed by atoms with van der Waals surface area (Å²) in [4.78, 5) is 17.2. The minimum atomic E-state index is -4.09. The number of nitrogens with one attached hydrogen (secondary N) is 1. The van der Waals surface area contributed by atoms with Gasteiger partial charge in [-0.2, -0.15) is 5.10 Å². The Hall–Kier alpha value is -3.47. The van der Waals surface area contributed by atoms with Gasteiger partial charge in [-0.3, -0.25) is 9.40 Å². The Kier molecular flexibility index (Phi) is 7.01. The van der Waals surface area contributed by atoms with E-state index in [-0.39, 0.29) is 22.0 Å². The maximum Gasteiger partial charge on any atom is 0.337 e. The highest BCUT2D eigenvalue weighted by atomic mass is 32.2. The molecule has 0 aliphatic heterocycles. The molecule has 11 heteroatoms. The molecule has 0 saturated heterocycles. The van der Waals surface area contributed by atoms with Gasteiger partial charge >= 0.3 is 5.97 Å². The predicted molar refractivity (Wildman–Crippen MR) is 123 cm³/mol. The van der Waals surface area contributed by atoms with Crippen molar-refractivity contribution in [1.29, 1.82) is 0 Å². The van der Waals surface area contributed by atoms with Gasteiger partial charge in [0.2, 0.25) is 0 Å². The minimum Gasteiger partial charge on any atom is -0.478 e. The molecule has 0 aliphatic rings. The Morgan fingerprint density at radius 2 is 1.91 bits per heavy atom. The van der Waals surface area contributed by atoms with E-state index >= 15 is 0 Å². The highest BCUT2D eigenvalue weighted by molar-refractivity contribution is 7.92. The number of carboxylic acids is 1. The van der Waals surface area contributed by atoms with E-state index in [0.717, 1.165) is 54.1 Å². The van der Waals surface area contributed by atoms with Gasteiger partial charge in [0.1, 0.15) is 5.82 Å². The molecule has 0 unspecified atom stereocenters. The van der Waals surface area contributed by atoms with E-state index < -0.39 is 21.8 Å². The number of carbonyl (C=O) groups is 1. The number of halogens is 1. The van der Waals surface area contributed by atoms with Crippen molar-refractivity contribution in [1.82, 2.24) is 14.8 Å². The summed E-state index contributed by atoms with van der Waals surface area (Å²) in [6.07, 6.45) is 2.70. The van der Waals surface area contributed by atoms with Crippen molar-refractivity contribution in [2.45, 2.75) is 31.6 Å². The summed E-state index contributed by atoms with van der Waals surface area (Å²) in [6, 6.07) is 5.56. The Morgan fingerprint density at radius 1 is 1.24 bits per heavy atom. The lowest BCUT2D eigenvalue weighted by atomic mass is 10.1. The summed E-state index contributed by atoms with van der Waals surface area (Å²) < 4.78 is 43.1. The molecule has 0 amide bonds. The summed E-state index contributed by atoms with van der Waals surface area (Å²) >= 11 is 0. The maximum absolute atomic E-state index is 13.2. The van der Waals surface area contributed by atoms with Crippen LogP contribution in [0.1, 0.15) is 33.7 Å². The fourth-order valence-corrected chi connectivity index (χ4v) is 4.60. The van der Waals surface area contributed by atoms with Crippen LogP contribution in [0.15, 0.2) is 41.4 Å². The molecule has 0 fully saturated rings. The highest BCUT2D eigenvalue weighted by Gasteiger charge is 2.20. The highest BCUT2D eigenvalue weighted by Crippen LogP contribution is 2.27. The van der Waals surface area contributed by atoms with Gasteiger partial charge in [0, 0.05) is 32.5 Å². The second-order valence-electron chi connectivity index (χ2n) is 7.76. The number of nitrogens with zero attached hydrogens (tertiary/aromatic N) is 4. The Balaban J connectivity index is 1.83. The van der Waals surface area contributed by atoms with Gasteiger partial charge in [-0.05, 0) is 62.6 Å². The fraction of sp³-hybridized carbons (Fsp3) is 0.318. The van der Waals surface area contributed by atoms with Gasteiger partial charge < -0.3 is 10.0 Å². The van der Waals surface area contributed by atoms with Crippen molar-refractivity contribution < 1.29 is 22.7 Å². The zero-order valence-corrected chi connectivity index (χ0v) is 19.6. The topological polar surface area (TPSA) is 117 Å². The minimum absolute atomic E-state index is 0.0236. The number of benzene rings is 1. The first-order valence-electron chi connectivity index (χ1n) is 10.2. The first kappa shape index (κ1) is 24.2. The summed E-state index contributed by atoms with van der Waals surface area (Å²) in [5, 5.41) is 13.7. The lowest BCUT2D eigenvalue weighted by molar-refractivity contribution is 0.0696. The van der Waals surface area contributed by atoms with E-state index in [0.29, 0.717) is 6.54 Å². The van der Waals surface area contributed by atoms with Crippen LogP contribution in [0.3, 0.4) is 0 Å². The molecule has 33 heavy (non-hydrogen) atoms. The van der Waals surface area contributed by atoms with Gasteiger partial charge in [0.25, 0.3) is 10.0 Å². The quantitative estimate of drug-likeness (QED) is 0.488. The summed E-state index contributed by atoms with van der Waals surface area (Å²) in [7, 11) is -0.442. The van der Waals surface area contributed by atoms with E-state index in [2.05, 4.69) is 14.8 Å². The van der Waals surface area contributed by atoms with Crippen LogP contribution >= 0.6 is 0 Å². The molecule has 2 heterocycles. The van der Waals surface area contributed by atoms with E-state index in [9.17, 15) is 22.7 Å². The summed E-state index contributed by atoms with van der Waals surface area (Å²) in [5.41, 5.74) is 3.08. The molecule has 2 aromatic heterocycles. The molecule has 3 aromatic rings. The smallest absolute Gasteiger partial charge is 0.337 e. The van der Waals surface area contributed by atoms with E-state index in [4.69, 9.17) is 0 Å². The normalized spacial score (nSPS) is 11.4. The Morgan fingerprint density at radius 3 is 2.48 bits per heavy atom. The predicted octanol–water partition coefficient (Wildman–Crippen LogP) is 3.14. The Labute approximate surface area is 191 Å². The average Bonchev–Trinajstić information content (AvgIpc) is 2.99. The first-order valence-corrected chi connectivity index (χ1v) is 11.7. The monoisotopic (exact) mass is 475 g/mol. The second kappa shape index (κ2) is 9.57. The van der Waals surface area contributed by atoms with E-state index in [1.807, 2.05) is 25.6 Å². The van der Waals surface area contributed by atoms with Gasteiger partial charge in [-0.25, -0.2) is 22.6 Å². The third kappa shape index (κ3) is 5.48. The number of aromatic nitrogens is 3. The molecule has 0 aliphatic carbocycles. The number of hydrogen-bond donors (Lipinski definition) is 2. The van der Waals surface area contributed by atoms with Crippen LogP contribution in [0.2, 0.25) is 0 Å². The van der Waals surface area contributed by atoms with Crippen LogP contribution in [0, 0.1) is 19.7 Å². The number of pyridine rings is 1. The molecule has 3 rings (SSSR count). The zero-order chi connectivity index (χ0) is 24.3. The maximum atomic E-state index is 13.2. The lowest BCUT2D eigenvalue weighted by Crippen LogP contribution is -2.24. The van der Waals surface area contributed by atoms with Gasteiger partial charge in [-0.15, -0.1) is 0 Å². The number of carboxylic acid groups (broad SMARTS) is 1. The van der Waals surface area contributed by atoms with Gasteiger partial charge in [0.15, 0.2) is 5.82 Å². The lowest BCUT2D eigenvalue weighted by Gasteiger charge is -2.22. The van der Waals surface area contributed by atoms with Crippen LogP contribution in [-0.4, -0.2) is 47.9 Å². The average molecular weight is 476 g/mol. The fourth-order valence-electron chi connectivity index (χ4n) is 3.55. The Bertz CT molecular complexity index is 1270. The van der Waals surface area contributed by atoms with Crippen molar-refractivity contribution in [3.8, 4) is 0 Å². The SMILES string of the molecule is Cc1nn(C)c(C)c1CCCN(C)c1ncc(C(=O)O)cc1NS(=O)(=O)c1ccc(F)cc1. The van der Waals surface area contributed by atoms with E-state index in [1.54, 1.807) is 11.9 Å². The second-order valence-corrected chi connectivity index (χ2v) is 9.44. The van der Waals surface area contributed by atoms with Crippen molar-refractivity contribution >= 4 is 27.5 Å². The number of aromatic carboxylic acids is 1. The van der Waals surface area contributed by atoms with Crippen LogP contribution in [-0.2, 0) is 23.5 Å². The first-order chi connectivity index (χ1) is 15.5. The van der Waals surface area contributed by atoms with Gasteiger partial charge in [-0.1, -0.05) is 0 Å². The van der Waals surface area contributed by atoms with Crippen molar-refractivity contribution in [2.75, 3.05) is 23.2 Å². The standard InChI is InChI=1S/C22H26FN5O4S/c1-14-19(15(2)28(4)25-14)6-5-11-27(3)21-20(12-16(13-24-21)22(29)30)26-33(31,32)18-9-7-17(23)8-10-18/h7-10,12-13,26H,5-6,11H2,1-4H3,(H,29,30). The van der Waals surface area contributed by atoms with Crippen LogP contribution < -0.4 is 9.62 Å². The zero-order valence-electron chi connectivity index (χ0n) is 18.8. The number of rotatable bonds is 9. The number of anilines is 2. The summed E-state index contributed by atoms with van der Waals surface area (Å²) in [6.45, 7) is 4.51. The molecular formula is C22H26FN5O4S. The van der Waals surface area contributed by atoms with Gasteiger partial charge in [0.05, 0.1) is 21.8 Å². The van der Waals surface area contributed by atoms with Crippen molar-refractivity contribution in [3.05, 3.63) is 64.9 Å². The number of sulfonamides is 1. The van der Waals surface area contributed by atoms with Crippen LogP contribution in [0.25, 0.3) is 0 Å². The van der Waals surface area contributed by atoms with Crippen LogP contribution in [0.4, 0.5) is 15.9 Å². The van der Waals surface area contributed by atoms with Crippen LogP contribution in [0.5, 0.6) is 0 Å². The largest absolute Gasteiger partial charge is 0.478 e. The molecule has 0 bridgehead atoms. The molecule has 9 nitrogen and oxygen atoms in total. The third-order valence-corrected chi connectivity index (χ3v) is 6.80. The molecule has 0 saturated carbocycles. The molecule has 176 valence electrons. The molecule has 0 radical (unpaired) electrons. The van der Waals surface area contributed by atoms with E-state index in [1.165, 1.54) is 12.3 Å². The molecule has 1 aromatic carbocycles. The number of aryl methyl sites for hydroxylation is 2. The number of hydrogen-bond acceptors (Lipinski definition) is 6. The molecular weight excluding hydrogens is 449 g/mol. The van der Waals surface area contributed by atoms with Crippen molar-refractivity contribution in [3.63, 3.8) is 0 Å².